The Bertz CT molecular complexity index is 1130. The number of amides is 1. The van der Waals surface area contributed by atoms with E-state index in [9.17, 15) is 9.18 Å². The molecule has 8 heteroatoms. The van der Waals surface area contributed by atoms with Crippen molar-refractivity contribution in [1.82, 2.24) is 19.9 Å². The van der Waals surface area contributed by atoms with Gasteiger partial charge in [0.1, 0.15) is 17.5 Å². The summed E-state index contributed by atoms with van der Waals surface area (Å²) in [6, 6.07) is 8.21. The molecule has 32 heavy (non-hydrogen) atoms. The second-order valence-corrected chi connectivity index (χ2v) is 9.59. The van der Waals surface area contributed by atoms with Crippen molar-refractivity contribution in [3.8, 4) is 10.6 Å². The van der Waals surface area contributed by atoms with Crippen LogP contribution in [0.15, 0.2) is 30.3 Å². The number of anilines is 2. The summed E-state index contributed by atoms with van der Waals surface area (Å²) in [4.78, 5) is 29.2. The Hall–Kier alpha value is -2.87. The Labute approximate surface area is 191 Å². The minimum atomic E-state index is -0.311. The lowest BCUT2D eigenvalue weighted by molar-refractivity contribution is -0.130. The molecule has 168 valence electrons. The molecule has 0 spiro atoms. The molecule has 1 unspecified atom stereocenters. The standard InChI is InChI=1S/C24H28FN5OS/c1-14(2)24-26-15(3)22(32-24)20-12-21(27-19-9-5-8-18(25)11-19)29-23(28-20)17-7-6-10-30(13-17)16(4)31/h5,8-9,11-12,14,17H,6-7,10,13H2,1-4H3,(H,27,28,29). The second kappa shape index (κ2) is 9.32. The Morgan fingerprint density at radius 1 is 1.25 bits per heavy atom. The van der Waals surface area contributed by atoms with Gasteiger partial charge in [0.25, 0.3) is 0 Å². The van der Waals surface area contributed by atoms with Crippen LogP contribution in [0.1, 0.15) is 62.0 Å². The number of likely N-dealkylation sites (tertiary alicyclic amines) is 1. The monoisotopic (exact) mass is 453 g/mol. The van der Waals surface area contributed by atoms with Gasteiger partial charge in [-0.25, -0.2) is 19.3 Å². The van der Waals surface area contributed by atoms with Crippen molar-refractivity contribution in [2.24, 2.45) is 0 Å². The van der Waals surface area contributed by atoms with Gasteiger partial charge in [0, 0.05) is 43.6 Å². The van der Waals surface area contributed by atoms with Gasteiger partial charge in [0.15, 0.2) is 0 Å². The number of rotatable bonds is 5. The lowest BCUT2D eigenvalue weighted by Crippen LogP contribution is -2.38. The fourth-order valence-corrected chi connectivity index (χ4v) is 4.95. The number of aromatic nitrogens is 3. The van der Waals surface area contributed by atoms with Crippen molar-refractivity contribution in [3.05, 3.63) is 52.7 Å². The Morgan fingerprint density at radius 2 is 2.06 bits per heavy atom. The van der Waals surface area contributed by atoms with Gasteiger partial charge in [0.05, 0.1) is 21.3 Å². The third-order valence-electron chi connectivity index (χ3n) is 5.61. The number of nitrogens with one attached hydrogen (secondary N) is 1. The Balaban J connectivity index is 1.75. The van der Waals surface area contributed by atoms with Crippen molar-refractivity contribution < 1.29 is 9.18 Å². The highest BCUT2D eigenvalue weighted by atomic mass is 32.1. The third-order valence-corrected chi connectivity index (χ3v) is 7.09. The molecule has 0 bridgehead atoms. The zero-order valence-electron chi connectivity index (χ0n) is 18.9. The predicted molar refractivity (Wildman–Crippen MR) is 126 cm³/mol. The first kappa shape index (κ1) is 22.3. The first-order chi connectivity index (χ1) is 15.3. The minimum absolute atomic E-state index is 0.0541. The molecule has 1 saturated heterocycles. The number of benzene rings is 1. The van der Waals surface area contributed by atoms with Crippen molar-refractivity contribution in [2.45, 2.75) is 52.4 Å². The van der Waals surface area contributed by atoms with Crippen LogP contribution in [0.4, 0.5) is 15.9 Å². The molecule has 0 radical (unpaired) electrons. The second-order valence-electron chi connectivity index (χ2n) is 8.56. The molecule has 2 aromatic heterocycles. The van der Waals surface area contributed by atoms with E-state index < -0.39 is 0 Å². The molecular weight excluding hydrogens is 425 g/mol. The Morgan fingerprint density at radius 3 is 2.75 bits per heavy atom. The maximum atomic E-state index is 13.7. The number of aryl methyl sites for hydroxylation is 1. The first-order valence-corrected chi connectivity index (χ1v) is 11.8. The van der Waals surface area contributed by atoms with E-state index in [-0.39, 0.29) is 17.6 Å². The van der Waals surface area contributed by atoms with Crippen molar-refractivity contribution in [3.63, 3.8) is 0 Å². The number of carbonyl (C=O) groups excluding carboxylic acids is 1. The molecule has 3 aromatic rings. The molecule has 1 aliphatic heterocycles. The number of halogens is 1. The summed E-state index contributed by atoms with van der Waals surface area (Å²) in [5.74, 6) is 1.46. The predicted octanol–water partition coefficient (Wildman–Crippen LogP) is 5.64. The lowest BCUT2D eigenvalue weighted by atomic mass is 9.97. The van der Waals surface area contributed by atoms with Gasteiger partial charge >= 0.3 is 0 Å². The van der Waals surface area contributed by atoms with Gasteiger partial charge in [0.2, 0.25) is 5.91 Å². The van der Waals surface area contributed by atoms with Crippen LogP contribution in [-0.2, 0) is 4.79 Å². The maximum Gasteiger partial charge on any atom is 0.219 e. The number of piperidine rings is 1. The van der Waals surface area contributed by atoms with Crippen LogP contribution >= 0.6 is 11.3 Å². The first-order valence-electron chi connectivity index (χ1n) is 10.9. The van der Waals surface area contributed by atoms with Gasteiger partial charge in [-0.3, -0.25) is 4.79 Å². The fraction of sp³-hybridized carbons (Fsp3) is 0.417. The molecular formula is C24H28FN5OS. The highest BCUT2D eigenvalue weighted by molar-refractivity contribution is 7.15. The molecule has 1 aliphatic rings. The molecule has 1 amide bonds. The maximum absolute atomic E-state index is 13.7. The highest BCUT2D eigenvalue weighted by Crippen LogP contribution is 2.35. The van der Waals surface area contributed by atoms with E-state index in [0.717, 1.165) is 40.7 Å². The quantitative estimate of drug-likeness (QED) is 0.541. The lowest BCUT2D eigenvalue weighted by Gasteiger charge is -2.31. The largest absolute Gasteiger partial charge is 0.342 e. The van der Waals surface area contributed by atoms with Crippen LogP contribution in [-0.4, -0.2) is 38.8 Å². The van der Waals surface area contributed by atoms with Crippen LogP contribution in [0.25, 0.3) is 10.6 Å². The van der Waals surface area contributed by atoms with Crippen molar-refractivity contribution in [1.29, 1.82) is 0 Å². The van der Waals surface area contributed by atoms with E-state index in [0.29, 0.717) is 29.8 Å². The summed E-state index contributed by atoms with van der Waals surface area (Å²) in [5, 5.41) is 4.30. The van der Waals surface area contributed by atoms with Crippen LogP contribution in [0.2, 0.25) is 0 Å². The number of hydrogen-bond donors (Lipinski definition) is 1. The normalized spacial score (nSPS) is 16.4. The average Bonchev–Trinajstić information content (AvgIpc) is 3.16. The molecule has 0 aliphatic carbocycles. The zero-order valence-corrected chi connectivity index (χ0v) is 19.7. The summed E-state index contributed by atoms with van der Waals surface area (Å²) in [5.41, 5.74) is 2.36. The van der Waals surface area contributed by atoms with E-state index in [2.05, 4.69) is 19.2 Å². The van der Waals surface area contributed by atoms with E-state index in [4.69, 9.17) is 15.0 Å². The summed E-state index contributed by atoms with van der Waals surface area (Å²) >= 11 is 1.65. The summed E-state index contributed by atoms with van der Waals surface area (Å²) in [6.07, 6.45) is 1.84. The molecule has 6 nitrogen and oxygen atoms in total. The van der Waals surface area contributed by atoms with Gasteiger partial charge in [-0.15, -0.1) is 11.3 Å². The minimum Gasteiger partial charge on any atom is -0.342 e. The SMILES string of the molecule is CC(=O)N1CCCC(c2nc(Nc3cccc(F)c3)cc(-c3sc(C(C)C)nc3C)n2)C1. The smallest absolute Gasteiger partial charge is 0.219 e. The Kier molecular flexibility index (Phi) is 6.50. The zero-order chi connectivity index (χ0) is 22.8. The van der Waals surface area contributed by atoms with Crippen LogP contribution in [0, 0.1) is 12.7 Å². The molecule has 0 saturated carbocycles. The van der Waals surface area contributed by atoms with E-state index in [1.54, 1.807) is 30.4 Å². The van der Waals surface area contributed by atoms with Gasteiger partial charge in [-0.1, -0.05) is 19.9 Å². The molecule has 1 atom stereocenters. The van der Waals surface area contributed by atoms with Crippen molar-refractivity contribution >= 4 is 28.7 Å². The summed E-state index contributed by atoms with van der Waals surface area (Å²) < 4.78 is 13.7. The van der Waals surface area contributed by atoms with E-state index >= 15 is 0 Å². The topological polar surface area (TPSA) is 71.0 Å². The van der Waals surface area contributed by atoms with Gasteiger partial charge in [-0.05, 0) is 38.0 Å². The molecule has 1 fully saturated rings. The van der Waals surface area contributed by atoms with Gasteiger partial charge in [-0.2, -0.15) is 0 Å². The third kappa shape index (κ3) is 4.96. The van der Waals surface area contributed by atoms with E-state index in [1.807, 2.05) is 17.9 Å². The van der Waals surface area contributed by atoms with Gasteiger partial charge < -0.3 is 10.2 Å². The molecule has 4 rings (SSSR count). The number of hydrogen-bond acceptors (Lipinski definition) is 6. The highest BCUT2D eigenvalue weighted by Gasteiger charge is 2.26. The number of nitrogens with zero attached hydrogens (tertiary/aromatic N) is 4. The van der Waals surface area contributed by atoms with Crippen molar-refractivity contribution in [2.75, 3.05) is 18.4 Å². The summed E-state index contributed by atoms with van der Waals surface area (Å²) in [6.45, 7) is 9.23. The molecule has 1 aromatic carbocycles. The molecule has 3 heterocycles. The van der Waals surface area contributed by atoms with Crippen LogP contribution in [0.5, 0.6) is 0 Å². The van der Waals surface area contributed by atoms with Crippen LogP contribution in [0.3, 0.4) is 0 Å². The average molecular weight is 454 g/mol. The summed E-state index contributed by atoms with van der Waals surface area (Å²) in [7, 11) is 0. The van der Waals surface area contributed by atoms with E-state index in [1.165, 1.54) is 12.1 Å². The fourth-order valence-electron chi connectivity index (χ4n) is 3.92. The molecule has 1 N–H and O–H groups in total. The number of thiazole rings is 1. The number of carbonyl (C=O) groups is 1. The van der Waals surface area contributed by atoms with Crippen LogP contribution < -0.4 is 5.32 Å².